The molecule has 2 atom stereocenters. The number of amides is 1. The van der Waals surface area contributed by atoms with Gasteiger partial charge in [-0.2, -0.15) is 0 Å². The van der Waals surface area contributed by atoms with E-state index < -0.39 is 23.0 Å². The number of nitro groups is 1. The highest BCUT2D eigenvalue weighted by Gasteiger charge is 2.23. The van der Waals surface area contributed by atoms with Gasteiger partial charge in [-0.15, -0.1) is 0 Å². The van der Waals surface area contributed by atoms with Crippen LogP contribution in [0.3, 0.4) is 0 Å². The van der Waals surface area contributed by atoms with E-state index in [2.05, 4.69) is 5.32 Å². The third kappa shape index (κ3) is 4.40. The summed E-state index contributed by atoms with van der Waals surface area (Å²) in [5, 5.41) is 22.8. The summed E-state index contributed by atoms with van der Waals surface area (Å²) >= 11 is 0. The van der Waals surface area contributed by atoms with E-state index in [1.54, 1.807) is 6.92 Å². The Balaban J connectivity index is 2.98. The molecule has 4 N–H and O–H groups in total. The summed E-state index contributed by atoms with van der Waals surface area (Å²) < 4.78 is 5.22. The van der Waals surface area contributed by atoms with E-state index >= 15 is 0 Å². The van der Waals surface area contributed by atoms with Crippen molar-refractivity contribution in [2.75, 3.05) is 13.2 Å². The lowest BCUT2D eigenvalue weighted by atomic mass is 10.1. The average molecular weight is 297 g/mol. The number of para-hydroxylation sites is 1. The van der Waals surface area contributed by atoms with Gasteiger partial charge in [-0.1, -0.05) is 6.07 Å². The third-order valence-corrected chi connectivity index (χ3v) is 2.84. The maximum Gasteiger partial charge on any atom is 0.311 e. The highest BCUT2D eigenvalue weighted by molar-refractivity contribution is 5.98. The number of nitro benzene ring substituents is 1. The predicted octanol–water partition coefficient (Wildman–Crippen LogP) is 0.431. The molecule has 0 fully saturated rings. The van der Waals surface area contributed by atoms with Gasteiger partial charge < -0.3 is 20.9 Å². The fourth-order valence-electron chi connectivity index (χ4n) is 1.62. The van der Waals surface area contributed by atoms with Gasteiger partial charge in [-0.25, -0.2) is 0 Å². The first kappa shape index (κ1) is 16.9. The number of carbonyl (C=O) groups excluding carboxylic acids is 1. The number of hydrogen-bond donors (Lipinski definition) is 3. The van der Waals surface area contributed by atoms with Crippen molar-refractivity contribution in [1.82, 2.24) is 5.32 Å². The Morgan fingerprint density at radius 3 is 2.76 bits per heavy atom. The summed E-state index contributed by atoms with van der Waals surface area (Å²) in [5.41, 5.74) is 5.40. The molecule has 21 heavy (non-hydrogen) atoms. The number of nitrogens with one attached hydrogen (secondary N) is 1. The zero-order valence-electron chi connectivity index (χ0n) is 11.9. The van der Waals surface area contributed by atoms with Crippen molar-refractivity contribution in [2.45, 2.75) is 26.0 Å². The predicted molar refractivity (Wildman–Crippen MR) is 76.3 cm³/mol. The molecule has 1 amide bonds. The molecule has 1 rings (SSSR count). The lowest BCUT2D eigenvalue weighted by Crippen LogP contribution is -2.43. The number of aliphatic hydroxyl groups excluding tert-OH is 1. The molecular weight excluding hydrogens is 278 g/mol. The molecule has 1 aromatic rings. The van der Waals surface area contributed by atoms with Crippen LogP contribution >= 0.6 is 0 Å². The monoisotopic (exact) mass is 297 g/mol. The van der Waals surface area contributed by atoms with Crippen LogP contribution in [0.4, 0.5) is 5.69 Å². The second-order valence-corrected chi connectivity index (χ2v) is 4.46. The van der Waals surface area contributed by atoms with E-state index in [0.717, 1.165) is 0 Å². The molecule has 1 aromatic carbocycles. The van der Waals surface area contributed by atoms with Crippen molar-refractivity contribution >= 4 is 11.6 Å². The smallest absolute Gasteiger partial charge is 0.311 e. The molecule has 116 valence electrons. The number of benzene rings is 1. The van der Waals surface area contributed by atoms with Crippen LogP contribution in [0.2, 0.25) is 0 Å². The molecule has 8 nitrogen and oxygen atoms in total. The first-order valence-electron chi connectivity index (χ1n) is 6.50. The Bertz CT molecular complexity index is 519. The number of nitrogens with two attached hydrogens (primary N) is 1. The van der Waals surface area contributed by atoms with Crippen molar-refractivity contribution in [3.63, 3.8) is 0 Å². The van der Waals surface area contributed by atoms with Crippen LogP contribution in [0.25, 0.3) is 0 Å². The summed E-state index contributed by atoms with van der Waals surface area (Å²) in [5.74, 6) is -0.619. The van der Waals surface area contributed by atoms with Crippen LogP contribution in [0.15, 0.2) is 18.2 Å². The minimum atomic E-state index is -0.776. The van der Waals surface area contributed by atoms with E-state index in [-0.39, 0.29) is 30.2 Å². The Labute approximate surface area is 122 Å². The molecule has 8 heteroatoms. The molecule has 0 saturated carbocycles. The lowest BCUT2D eigenvalue weighted by Gasteiger charge is -2.16. The van der Waals surface area contributed by atoms with Gasteiger partial charge in [0.2, 0.25) is 5.75 Å². The van der Waals surface area contributed by atoms with Gasteiger partial charge in [0.05, 0.1) is 23.2 Å². The van der Waals surface area contributed by atoms with E-state index in [1.165, 1.54) is 25.1 Å². The van der Waals surface area contributed by atoms with Crippen molar-refractivity contribution in [3.8, 4) is 5.75 Å². The average Bonchev–Trinajstić information content (AvgIpc) is 2.44. The number of ether oxygens (including phenoxy) is 1. The van der Waals surface area contributed by atoms with Gasteiger partial charge in [0.25, 0.3) is 5.91 Å². The fraction of sp³-hybridized carbons (Fsp3) is 0.462. The molecule has 0 aliphatic carbocycles. The highest BCUT2D eigenvalue weighted by atomic mass is 16.6. The SMILES string of the molecule is CCOc1c(C(=O)NCC(N)C(C)O)cccc1[N+](=O)[O-]. The Hall–Kier alpha value is -2.19. The molecule has 0 bridgehead atoms. The Morgan fingerprint density at radius 1 is 1.57 bits per heavy atom. The number of aliphatic hydroxyl groups is 1. The van der Waals surface area contributed by atoms with Gasteiger partial charge >= 0.3 is 5.69 Å². The summed E-state index contributed by atoms with van der Waals surface area (Å²) in [6.07, 6.45) is -0.776. The van der Waals surface area contributed by atoms with Crippen LogP contribution in [0, 0.1) is 10.1 Å². The standard InChI is InChI=1S/C13H19N3O5/c1-3-21-12-9(5-4-6-11(12)16(19)20)13(18)15-7-10(14)8(2)17/h4-6,8,10,17H,3,7,14H2,1-2H3,(H,15,18). The van der Waals surface area contributed by atoms with E-state index in [4.69, 9.17) is 10.5 Å². The van der Waals surface area contributed by atoms with Crippen LogP contribution in [0.1, 0.15) is 24.2 Å². The largest absolute Gasteiger partial charge is 0.487 e. The molecule has 0 saturated heterocycles. The number of carbonyl (C=O) groups is 1. The normalized spacial score (nSPS) is 13.3. The zero-order chi connectivity index (χ0) is 16.0. The van der Waals surface area contributed by atoms with Gasteiger partial charge in [0, 0.05) is 18.7 Å². The maximum absolute atomic E-state index is 12.1. The van der Waals surface area contributed by atoms with Crippen molar-refractivity contribution in [2.24, 2.45) is 5.73 Å². The summed E-state index contributed by atoms with van der Waals surface area (Å²) in [7, 11) is 0. The number of hydrogen-bond acceptors (Lipinski definition) is 6. The summed E-state index contributed by atoms with van der Waals surface area (Å²) in [6.45, 7) is 3.42. The topological polar surface area (TPSA) is 128 Å². The first-order chi connectivity index (χ1) is 9.88. The Kier molecular flexibility index (Phi) is 6.07. The van der Waals surface area contributed by atoms with Crippen molar-refractivity contribution in [3.05, 3.63) is 33.9 Å². The molecule has 2 unspecified atom stereocenters. The van der Waals surface area contributed by atoms with E-state index in [0.29, 0.717) is 0 Å². The number of nitrogens with zero attached hydrogens (tertiary/aromatic N) is 1. The van der Waals surface area contributed by atoms with Gasteiger partial charge in [-0.05, 0) is 19.9 Å². The Morgan fingerprint density at radius 2 is 2.24 bits per heavy atom. The summed E-state index contributed by atoms with van der Waals surface area (Å²) in [6, 6.07) is 3.48. The van der Waals surface area contributed by atoms with E-state index in [1.807, 2.05) is 0 Å². The van der Waals surface area contributed by atoms with Crippen molar-refractivity contribution < 1.29 is 19.6 Å². The maximum atomic E-state index is 12.1. The molecule has 0 aromatic heterocycles. The highest BCUT2D eigenvalue weighted by Crippen LogP contribution is 2.30. The molecule has 0 radical (unpaired) electrons. The number of rotatable bonds is 7. The fourth-order valence-corrected chi connectivity index (χ4v) is 1.62. The second kappa shape index (κ2) is 7.55. The minimum absolute atomic E-state index is 0.0464. The van der Waals surface area contributed by atoms with Crippen LogP contribution in [-0.2, 0) is 0 Å². The molecule has 0 heterocycles. The quantitative estimate of drug-likeness (QED) is 0.494. The molecule has 0 spiro atoms. The molecule has 0 aliphatic rings. The van der Waals surface area contributed by atoms with E-state index in [9.17, 15) is 20.0 Å². The lowest BCUT2D eigenvalue weighted by molar-refractivity contribution is -0.385. The minimum Gasteiger partial charge on any atom is -0.487 e. The molecular formula is C13H19N3O5. The van der Waals surface area contributed by atoms with Gasteiger partial charge in [0.15, 0.2) is 0 Å². The molecule has 0 aliphatic heterocycles. The van der Waals surface area contributed by atoms with Gasteiger partial charge in [-0.3, -0.25) is 14.9 Å². The first-order valence-corrected chi connectivity index (χ1v) is 6.50. The van der Waals surface area contributed by atoms with Crippen LogP contribution in [-0.4, -0.2) is 41.2 Å². The van der Waals surface area contributed by atoms with Crippen LogP contribution in [0.5, 0.6) is 5.75 Å². The van der Waals surface area contributed by atoms with Gasteiger partial charge in [0.1, 0.15) is 0 Å². The zero-order valence-corrected chi connectivity index (χ0v) is 11.9. The summed E-state index contributed by atoms with van der Waals surface area (Å²) in [4.78, 5) is 22.5. The second-order valence-electron chi connectivity index (χ2n) is 4.46. The van der Waals surface area contributed by atoms with Crippen LogP contribution < -0.4 is 15.8 Å². The van der Waals surface area contributed by atoms with Crippen molar-refractivity contribution in [1.29, 1.82) is 0 Å². The third-order valence-electron chi connectivity index (χ3n) is 2.84.